The predicted octanol–water partition coefficient (Wildman–Crippen LogP) is -5.20. The molecule has 0 aromatic carbocycles. The van der Waals surface area contributed by atoms with E-state index in [4.69, 9.17) is 41.2 Å². The van der Waals surface area contributed by atoms with Gasteiger partial charge in [0.15, 0.2) is 12.2 Å². The molecule has 14 nitrogen and oxygen atoms in total. The Hall–Kier alpha value is -2.10. The standard InChI is InChI=1S/2C6H8O6.Fe.H2O2/c2*7-1-2(8)5-3(9)4(10)6(11)12-5;;1-2/h2*2,5,7-10H,1H2;;1-2H/q;;+2;/p-2/t2*2-,5+;;/m00../s1. The molecule has 0 saturated carbocycles. The molecule has 2 aliphatic rings. The molecule has 0 saturated heterocycles. The van der Waals surface area contributed by atoms with Gasteiger partial charge in [-0.25, -0.2) is 9.59 Å². The first-order chi connectivity index (χ1) is 12.1. The average molecular weight is 440 g/mol. The average Bonchev–Trinajstić information content (AvgIpc) is 3.07. The van der Waals surface area contributed by atoms with Gasteiger partial charge in [-0.3, -0.25) is 10.5 Å². The normalized spacial score (nSPS) is 23.2. The maximum Gasteiger partial charge on any atom is 2.00 e. The van der Waals surface area contributed by atoms with Gasteiger partial charge in [0.1, 0.15) is 23.7 Å². The molecule has 156 valence electrons. The molecule has 0 spiro atoms. The Morgan fingerprint density at radius 1 is 0.815 bits per heavy atom. The van der Waals surface area contributed by atoms with Crippen LogP contribution in [0.4, 0.5) is 0 Å². The molecule has 0 radical (unpaired) electrons. The fourth-order valence-corrected chi connectivity index (χ4v) is 1.63. The van der Waals surface area contributed by atoms with Crippen LogP contribution in [0.2, 0.25) is 0 Å². The molecular weight excluding hydrogens is 424 g/mol. The Morgan fingerprint density at radius 2 is 1.07 bits per heavy atom. The Morgan fingerprint density at radius 3 is 1.22 bits per heavy atom. The van der Waals surface area contributed by atoms with Gasteiger partial charge in [0, 0.05) is 11.5 Å². The molecule has 2 rings (SSSR count). The van der Waals surface area contributed by atoms with E-state index in [2.05, 4.69) is 9.47 Å². The van der Waals surface area contributed by atoms with Crippen LogP contribution in [0, 0.1) is 0 Å². The smallest absolute Gasteiger partial charge is 0.865 e. The van der Waals surface area contributed by atoms with Crippen molar-refractivity contribution in [1.82, 2.24) is 0 Å². The van der Waals surface area contributed by atoms with Crippen LogP contribution in [0.25, 0.3) is 0 Å². The van der Waals surface area contributed by atoms with Crippen molar-refractivity contribution in [2.45, 2.75) is 24.4 Å². The molecular formula is C12H16FeO14. The molecule has 0 aromatic heterocycles. The summed E-state index contributed by atoms with van der Waals surface area (Å²) in [6, 6.07) is 0. The first-order valence-corrected chi connectivity index (χ1v) is 6.55. The number of ether oxygens (including phenoxy) is 2. The van der Waals surface area contributed by atoms with Crippen molar-refractivity contribution in [2.75, 3.05) is 13.2 Å². The monoisotopic (exact) mass is 440 g/mol. The van der Waals surface area contributed by atoms with Gasteiger partial charge < -0.3 is 50.3 Å². The molecule has 2 heterocycles. The predicted molar refractivity (Wildman–Crippen MR) is 70.5 cm³/mol. The van der Waals surface area contributed by atoms with Gasteiger partial charge in [-0.2, -0.15) is 0 Å². The summed E-state index contributed by atoms with van der Waals surface area (Å²) in [6.07, 6.45) is -5.76. The van der Waals surface area contributed by atoms with Gasteiger partial charge in [-0.05, 0) is 0 Å². The SMILES string of the molecule is O=C1O[C@H]([C@@H](O)CO)C(O)=C1[O-].O=C1O[C@H]([C@@H](O)CO)C(O)=C1[O-].OO.[Fe+2]. The van der Waals surface area contributed by atoms with Gasteiger partial charge in [0.25, 0.3) is 0 Å². The van der Waals surface area contributed by atoms with Crippen LogP contribution in [0.1, 0.15) is 0 Å². The maximum absolute atomic E-state index is 10.6. The molecule has 0 fully saturated rings. The van der Waals surface area contributed by atoms with E-state index in [9.17, 15) is 19.8 Å². The summed E-state index contributed by atoms with van der Waals surface area (Å²) >= 11 is 0. The van der Waals surface area contributed by atoms with Gasteiger partial charge in [0.2, 0.25) is 0 Å². The number of rotatable bonds is 4. The number of hydrogen-bond acceptors (Lipinski definition) is 14. The molecule has 0 aliphatic carbocycles. The Labute approximate surface area is 160 Å². The summed E-state index contributed by atoms with van der Waals surface area (Å²) in [5, 5.41) is 85.5. The van der Waals surface area contributed by atoms with E-state index in [0.29, 0.717) is 0 Å². The number of carbonyl (C=O) groups excluding carboxylic acids is 2. The van der Waals surface area contributed by atoms with Crippen LogP contribution in [0.3, 0.4) is 0 Å². The molecule has 0 amide bonds. The van der Waals surface area contributed by atoms with Crippen molar-refractivity contribution in [1.29, 1.82) is 0 Å². The molecule has 8 N–H and O–H groups in total. The van der Waals surface area contributed by atoms with Gasteiger partial charge >= 0.3 is 29.0 Å². The topological polar surface area (TPSA) is 261 Å². The van der Waals surface area contributed by atoms with Crippen molar-refractivity contribution >= 4 is 11.9 Å². The fraction of sp³-hybridized carbons (Fsp3) is 0.500. The van der Waals surface area contributed by atoms with E-state index < -0.39 is 72.6 Å². The van der Waals surface area contributed by atoms with E-state index in [1.165, 1.54) is 0 Å². The molecule has 0 bridgehead atoms. The second-order valence-corrected chi connectivity index (χ2v) is 4.58. The summed E-state index contributed by atoms with van der Waals surface area (Å²) in [5.41, 5.74) is 0. The molecule has 4 atom stereocenters. The van der Waals surface area contributed by atoms with E-state index in [1.807, 2.05) is 0 Å². The summed E-state index contributed by atoms with van der Waals surface area (Å²) in [6.45, 7) is -1.40. The van der Waals surface area contributed by atoms with Gasteiger partial charge in [-0.15, -0.1) is 0 Å². The summed E-state index contributed by atoms with van der Waals surface area (Å²) < 4.78 is 8.51. The maximum atomic E-state index is 10.6. The minimum Gasteiger partial charge on any atom is -0.865 e. The number of hydrogen-bond donors (Lipinski definition) is 8. The van der Waals surface area contributed by atoms with Crippen molar-refractivity contribution in [3.8, 4) is 0 Å². The Bertz CT molecular complexity index is 522. The van der Waals surface area contributed by atoms with E-state index in [0.717, 1.165) is 0 Å². The quantitative estimate of drug-likeness (QED) is 0.0880. The first-order valence-electron chi connectivity index (χ1n) is 6.55. The molecule has 27 heavy (non-hydrogen) atoms. The van der Waals surface area contributed by atoms with Crippen LogP contribution in [-0.2, 0) is 36.1 Å². The minimum absolute atomic E-state index is 0. The van der Waals surface area contributed by atoms with Crippen molar-refractivity contribution in [3.63, 3.8) is 0 Å². The van der Waals surface area contributed by atoms with Crippen molar-refractivity contribution < 1.29 is 87.5 Å². The minimum atomic E-state index is -1.46. The van der Waals surface area contributed by atoms with E-state index in [1.54, 1.807) is 0 Å². The Balaban J connectivity index is 0. The molecule has 2 aliphatic heterocycles. The molecule has 0 aromatic rings. The fourth-order valence-electron chi connectivity index (χ4n) is 1.63. The Kier molecular flexibility index (Phi) is 12.4. The van der Waals surface area contributed by atoms with Crippen LogP contribution < -0.4 is 10.2 Å². The molecule has 15 heteroatoms. The number of carbonyl (C=O) groups is 2. The van der Waals surface area contributed by atoms with Gasteiger partial charge in [-0.1, -0.05) is 0 Å². The number of esters is 2. The second-order valence-electron chi connectivity index (χ2n) is 4.58. The number of cyclic esters (lactones) is 2. The van der Waals surface area contributed by atoms with E-state index >= 15 is 0 Å². The van der Waals surface area contributed by atoms with Crippen LogP contribution in [-0.4, -0.2) is 90.7 Å². The zero-order valence-corrected chi connectivity index (χ0v) is 14.2. The van der Waals surface area contributed by atoms with Crippen LogP contribution in [0.15, 0.2) is 23.0 Å². The zero-order chi connectivity index (χ0) is 20.6. The first kappa shape index (κ1) is 27.1. The third-order valence-corrected chi connectivity index (χ3v) is 2.92. The summed E-state index contributed by atoms with van der Waals surface area (Å²) in [7, 11) is 0. The number of aliphatic hydroxyl groups excluding tert-OH is 6. The summed E-state index contributed by atoms with van der Waals surface area (Å²) in [5.74, 6) is -6.50. The van der Waals surface area contributed by atoms with Crippen LogP contribution in [0.5, 0.6) is 0 Å². The van der Waals surface area contributed by atoms with Gasteiger partial charge in [0.05, 0.1) is 13.2 Å². The third kappa shape index (κ3) is 6.53. The second kappa shape index (κ2) is 12.3. The summed E-state index contributed by atoms with van der Waals surface area (Å²) in [4.78, 5) is 20.9. The third-order valence-electron chi connectivity index (χ3n) is 2.92. The van der Waals surface area contributed by atoms with Crippen LogP contribution >= 0.6 is 0 Å². The van der Waals surface area contributed by atoms with Crippen molar-refractivity contribution in [2.24, 2.45) is 0 Å². The van der Waals surface area contributed by atoms with E-state index in [-0.39, 0.29) is 17.1 Å². The number of aliphatic hydroxyl groups is 6. The zero-order valence-electron chi connectivity index (χ0n) is 13.1. The molecule has 0 unspecified atom stereocenters. The van der Waals surface area contributed by atoms with Crippen molar-refractivity contribution in [3.05, 3.63) is 23.0 Å². The largest absolute Gasteiger partial charge is 2.00 e.